The molecule has 1 N–H and O–H groups in total. The molecule has 13 heteroatoms. The Morgan fingerprint density at radius 3 is 1.67 bits per heavy atom. The van der Waals surface area contributed by atoms with Crippen molar-refractivity contribution in [2.24, 2.45) is 0 Å². The van der Waals surface area contributed by atoms with Crippen LogP contribution in [0.1, 0.15) is 65.2 Å². The summed E-state index contributed by atoms with van der Waals surface area (Å²) < 4.78 is 131. The van der Waals surface area contributed by atoms with Crippen molar-refractivity contribution in [3.8, 4) is 0 Å². The minimum atomic E-state index is -8.71. The van der Waals surface area contributed by atoms with Gasteiger partial charge in [-0.05, 0) is 0 Å². The molecule has 0 radical (unpaired) electrons. The van der Waals surface area contributed by atoms with Gasteiger partial charge in [-0.3, -0.25) is 0 Å². The quantitative estimate of drug-likeness (QED) is 0.114. The van der Waals surface area contributed by atoms with Gasteiger partial charge in [0.25, 0.3) is 0 Å². The van der Waals surface area contributed by atoms with Gasteiger partial charge in [0.1, 0.15) is 0 Å². The fourth-order valence-electron chi connectivity index (χ4n) is 3.58. The molecule has 194 valence electrons. The second-order valence-corrected chi connectivity index (χ2v) is 15.7. The van der Waals surface area contributed by atoms with Crippen molar-refractivity contribution in [2.45, 2.75) is 86.2 Å². The molecule has 0 aromatic rings. The summed E-state index contributed by atoms with van der Waals surface area (Å²) in [6.07, 6.45) is 2.32. The van der Waals surface area contributed by atoms with Crippen LogP contribution in [0.25, 0.3) is 0 Å². The van der Waals surface area contributed by atoms with E-state index in [1.54, 1.807) is 0 Å². The van der Waals surface area contributed by atoms with E-state index in [1.807, 2.05) is 13.8 Å². The van der Waals surface area contributed by atoms with Crippen LogP contribution in [0, 0.1) is 0 Å². The van der Waals surface area contributed by atoms with Gasteiger partial charge < -0.3 is 0 Å². The second kappa shape index (κ2) is 11.8. The number of hydrogen-bond acceptors (Lipinski definition) is 3. The van der Waals surface area contributed by atoms with Crippen LogP contribution in [-0.2, 0) is 9.47 Å². The van der Waals surface area contributed by atoms with Crippen molar-refractivity contribution >= 4 is 13.3 Å². The molecule has 0 spiro atoms. The number of aliphatic hydroxyl groups is 1. The Balaban J connectivity index is 3.19. The topological polar surface area (TPSA) is 38.7 Å². The Morgan fingerprint density at radius 2 is 1.27 bits per heavy atom. The second-order valence-electron chi connectivity index (χ2n) is 7.84. The minimum absolute atomic E-state index is 0.100. The predicted octanol–water partition coefficient (Wildman–Crippen LogP) is 6.99. The average molecular weight is 561 g/mol. The van der Waals surface area contributed by atoms with Crippen LogP contribution in [0.2, 0.25) is 0 Å². The van der Waals surface area contributed by atoms with Crippen LogP contribution in [0.4, 0.5) is 39.5 Å². The first-order valence-electron chi connectivity index (χ1n) is 10.7. The van der Waals surface area contributed by atoms with E-state index in [9.17, 15) is 44.6 Å². The van der Waals surface area contributed by atoms with Crippen LogP contribution >= 0.6 is 0 Å². The van der Waals surface area contributed by atoms with Gasteiger partial charge in [-0.1, -0.05) is 0 Å². The first-order chi connectivity index (χ1) is 15.1. The predicted molar refractivity (Wildman–Crippen MR) is 105 cm³/mol. The van der Waals surface area contributed by atoms with Gasteiger partial charge in [0, 0.05) is 0 Å². The normalized spacial score (nSPS) is 16.2. The molecular weight excluding hydrogens is 532 g/mol. The number of halogens is 9. The van der Waals surface area contributed by atoms with E-state index in [-0.39, 0.29) is 26.1 Å². The van der Waals surface area contributed by atoms with E-state index in [0.29, 0.717) is 18.9 Å². The van der Waals surface area contributed by atoms with Crippen LogP contribution in [0.5, 0.6) is 0 Å². The van der Waals surface area contributed by atoms with Crippen LogP contribution in [0.15, 0.2) is 22.1 Å². The Bertz CT molecular complexity index is 636. The number of alkyl halides is 9. The molecule has 3 nitrogen and oxygen atoms in total. The number of allylic oxidation sites excluding steroid dienone is 4. The number of ether oxygens (including phenoxy) is 2. The molecule has 33 heavy (non-hydrogen) atoms. The third-order valence-corrected chi connectivity index (χ3v) is 13.5. The molecule has 0 heterocycles. The van der Waals surface area contributed by atoms with Crippen molar-refractivity contribution in [1.29, 1.82) is 0 Å². The SMILES string of the molecule is CCCCOC(O)(CCCC1=[C]([Ge]([C](F)(F)F)([C](F)(F)F)[C](F)(F)F)C=CC1)OCCCC. The molecule has 0 amide bonds. The van der Waals surface area contributed by atoms with Crippen molar-refractivity contribution in [3.63, 3.8) is 0 Å². The number of hydrogen-bond donors (Lipinski definition) is 1. The molecule has 0 aliphatic heterocycles. The standard InChI is InChI=1S/C20H29F9GeO3/c1-3-5-13-32-17(31,33-14-6-4-2)12-8-10-15-9-7-11-16(15)30(18(21,22)23,19(24,25)26)20(27,28)29/h7,11,31H,3-6,8-10,12-14H2,1-2H3. The fraction of sp³-hybridized carbons (Fsp3) is 0.800. The van der Waals surface area contributed by atoms with E-state index < -0.39 is 57.1 Å². The van der Waals surface area contributed by atoms with Crippen molar-refractivity contribution < 1.29 is 54.1 Å². The van der Waals surface area contributed by atoms with Crippen LogP contribution in [-0.4, -0.2) is 52.6 Å². The first kappa shape index (κ1) is 30.3. The zero-order valence-electron chi connectivity index (χ0n) is 18.4. The van der Waals surface area contributed by atoms with E-state index in [4.69, 9.17) is 9.47 Å². The summed E-state index contributed by atoms with van der Waals surface area (Å²) in [5.74, 6) is -2.12. The maximum absolute atomic E-state index is 13.5. The molecule has 0 unspecified atom stereocenters. The van der Waals surface area contributed by atoms with Gasteiger partial charge in [-0.15, -0.1) is 0 Å². The summed E-state index contributed by atoms with van der Waals surface area (Å²) >= 11 is -8.71. The zero-order chi connectivity index (χ0) is 25.6. The van der Waals surface area contributed by atoms with Crippen molar-refractivity contribution in [1.82, 2.24) is 0 Å². The summed E-state index contributed by atoms with van der Waals surface area (Å²) in [5.41, 5.74) is -0.563. The molecule has 0 fully saturated rings. The Hall–Kier alpha value is -0.727. The molecule has 0 aromatic carbocycles. The molecule has 0 saturated heterocycles. The third kappa shape index (κ3) is 7.14. The first-order valence-corrected chi connectivity index (χ1v) is 14.9. The Labute approximate surface area is 189 Å². The summed E-state index contributed by atoms with van der Waals surface area (Å²) in [6, 6.07) is 0. The van der Waals surface area contributed by atoms with Gasteiger partial charge in [0.2, 0.25) is 0 Å². The average Bonchev–Trinajstić information content (AvgIpc) is 3.07. The van der Waals surface area contributed by atoms with E-state index in [0.717, 1.165) is 18.9 Å². The van der Waals surface area contributed by atoms with E-state index >= 15 is 0 Å². The molecule has 0 atom stereocenters. The molecule has 1 rings (SSSR count). The molecule has 1 aliphatic rings. The Morgan fingerprint density at radius 1 is 0.818 bits per heavy atom. The molecule has 0 saturated carbocycles. The monoisotopic (exact) mass is 562 g/mol. The van der Waals surface area contributed by atoms with Gasteiger partial charge in [-0.25, -0.2) is 0 Å². The van der Waals surface area contributed by atoms with Crippen molar-refractivity contribution in [2.75, 3.05) is 13.2 Å². The van der Waals surface area contributed by atoms with Crippen LogP contribution < -0.4 is 0 Å². The van der Waals surface area contributed by atoms with Crippen molar-refractivity contribution in [3.05, 3.63) is 22.1 Å². The fourth-order valence-corrected chi connectivity index (χ4v) is 9.88. The summed E-state index contributed by atoms with van der Waals surface area (Å²) in [6.45, 7) is 3.92. The zero-order valence-corrected chi connectivity index (χ0v) is 20.5. The molecule has 1 aliphatic carbocycles. The van der Waals surface area contributed by atoms with Gasteiger partial charge in [0.15, 0.2) is 0 Å². The van der Waals surface area contributed by atoms with E-state index in [2.05, 4.69) is 0 Å². The van der Waals surface area contributed by atoms with Gasteiger partial charge in [-0.2, -0.15) is 0 Å². The third-order valence-electron chi connectivity index (χ3n) is 5.33. The number of rotatable bonds is 13. The molecular formula is C20H29F9GeO3. The summed E-state index contributed by atoms with van der Waals surface area (Å²) in [5, 5.41) is -8.87. The van der Waals surface area contributed by atoms with Gasteiger partial charge in [0.05, 0.1) is 0 Å². The van der Waals surface area contributed by atoms with Gasteiger partial charge >= 0.3 is 189 Å². The molecule has 0 bridgehead atoms. The molecule has 0 aromatic heterocycles. The number of unbranched alkanes of at least 4 members (excludes halogenated alkanes) is 2. The maximum atomic E-state index is 13.5. The Kier molecular flexibility index (Phi) is 10.8. The summed E-state index contributed by atoms with van der Waals surface area (Å²) in [4.78, 5) is 0. The van der Waals surface area contributed by atoms with E-state index in [1.165, 1.54) is 0 Å². The summed E-state index contributed by atoms with van der Waals surface area (Å²) in [7, 11) is 0. The van der Waals surface area contributed by atoms with Crippen LogP contribution in [0.3, 0.4) is 0 Å².